The number of ether oxygens (including phenoxy) is 3. The molecular weight excluding hydrogens is 360 g/mol. The molecule has 0 saturated heterocycles. The van der Waals surface area contributed by atoms with Crippen molar-refractivity contribution in [2.24, 2.45) is 0 Å². The van der Waals surface area contributed by atoms with Crippen LogP contribution in [0.4, 0.5) is 23.1 Å². The van der Waals surface area contributed by atoms with Crippen LogP contribution in [0.1, 0.15) is 10.4 Å². The highest BCUT2D eigenvalue weighted by atomic mass is 16.5. The Labute approximate surface area is 162 Å². The van der Waals surface area contributed by atoms with Gasteiger partial charge in [-0.3, -0.25) is 0 Å². The van der Waals surface area contributed by atoms with Gasteiger partial charge in [0, 0.05) is 12.3 Å². The topological polar surface area (TPSA) is 94.6 Å². The highest BCUT2D eigenvalue weighted by molar-refractivity contribution is 5.96. The number of para-hydroxylation sites is 1. The van der Waals surface area contributed by atoms with E-state index in [9.17, 15) is 4.79 Å². The summed E-state index contributed by atoms with van der Waals surface area (Å²) in [5, 5.41) is 6.23. The van der Waals surface area contributed by atoms with E-state index in [2.05, 4.69) is 20.6 Å². The molecule has 3 aromatic rings. The average molecular weight is 380 g/mol. The predicted octanol–water partition coefficient (Wildman–Crippen LogP) is 3.77. The van der Waals surface area contributed by atoms with E-state index in [1.165, 1.54) is 7.11 Å². The molecule has 1 aromatic heterocycles. The van der Waals surface area contributed by atoms with E-state index >= 15 is 0 Å². The minimum Gasteiger partial charge on any atom is -0.497 e. The molecule has 0 aliphatic rings. The number of nitrogens with zero attached hydrogens (tertiary/aromatic N) is 2. The van der Waals surface area contributed by atoms with Gasteiger partial charge in [-0.2, -0.15) is 4.98 Å². The molecule has 144 valence electrons. The lowest BCUT2D eigenvalue weighted by Gasteiger charge is -2.13. The van der Waals surface area contributed by atoms with Crippen LogP contribution in [0.2, 0.25) is 0 Å². The first kappa shape index (κ1) is 19.0. The van der Waals surface area contributed by atoms with Gasteiger partial charge in [0.25, 0.3) is 0 Å². The quantitative estimate of drug-likeness (QED) is 0.598. The molecule has 0 unspecified atom stereocenters. The van der Waals surface area contributed by atoms with Crippen LogP contribution in [0.15, 0.2) is 54.7 Å². The summed E-state index contributed by atoms with van der Waals surface area (Å²) in [6.45, 7) is 0. The standard InChI is InChI=1S/C20H20N4O4/c1-26-13-8-9-17(27-2)16(12-13)23-20-21-11-10-18(24-20)22-15-7-5-4-6-14(15)19(25)28-3/h4-12H,1-3H3,(H2,21,22,23,24). The van der Waals surface area contributed by atoms with Gasteiger partial charge >= 0.3 is 5.97 Å². The van der Waals surface area contributed by atoms with Gasteiger partial charge in [0.05, 0.1) is 38.3 Å². The fraction of sp³-hybridized carbons (Fsp3) is 0.150. The molecule has 0 aliphatic heterocycles. The van der Waals surface area contributed by atoms with E-state index in [-0.39, 0.29) is 0 Å². The number of hydrogen-bond donors (Lipinski definition) is 2. The Hall–Kier alpha value is -3.81. The van der Waals surface area contributed by atoms with Crippen molar-refractivity contribution in [1.82, 2.24) is 9.97 Å². The van der Waals surface area contributed by atoms with Gasteiger partial charge in [0.1, 0.15) is 17.3 Å². The summed E-state index contributed by atoms with van der Waals surface area (Å²) < 4.78 is 15.4. The summed E-state index contributed by atoms with van der Waals surface area (Å²) in [5.74, 6) is 1.72. The second-order valence-corrected chi connectivity index (χ2v) is 5.62. The number of anilines is 4. The first-order valence-corrected chi connectivity index (χ1v) is 8.41. The van der Waals surface area contributed by atoms with Crippen LogP contribution in [-0.2, 0) is 4.74 Å². The van der Waals surface area contributed by atoms with Gasteiger partial charge in [-0.15, -0.1) is 0 Å². The third-order valence-electron chi connectivity index (χ3n) is 3.90. The highest BCUT2D eigenvalue weighted by Gasteiger charge is 2.12. The van der Waals surface area contributed by atoms with Crippen LogP contribution < -0.4 is 20.1 Å². The number of esters is 1. The molecule has 2 N–H and O–H groups in total. The second-order valence-electron chi connectivity index (χ2n) is 5.62. The van der Waals surface area contributed by atoms with E-state index in [4.69, 9.17) is 14.2 Å². The molecule has 3 rings (SSSR count). The maximum atomic E-state index is 11.9. The average Bonchev–Trinajstić information content (AvgIpc) is 2.73. The Balaban J connectivity index is 1.85. The zero-order chi connectivity index (χ0) is 19.9. The van der Waals surface area contributed by atoms with Crippen molar-refractivity contribution >= 4 is 29.1 Å². The summed E-state index contributed by atoms with van der Waals surface area (Å²) in [7, 11) is 4.51. The van der Waals surface area contributed by atoms with Crippen LogP contribution in [-0.4, -0.2) is 37.3 Å². The lowest BCUT2D eigenvalue weighted by Crippen LogP contribution is -2.07. The minimum atomic E-state index is -0.434. The molecule has 0 bridgehead atoms. The molecule has 0 aliphatic carbocycles. The number of aromatic nitrogens is 2. The minimum absolute atomic E-state index is 0.354. The molecule has 0 amide bonds. The maximum Gasteiger partial charge on any atom is 0.339 e. The Morgan fingerprint density at radius 3 is 2.50 bits per heavy atom. The first-order valence-electron chi connectivity index (χ1n) is 8.41. The largest absolute Gasteiger partial charge is 0.497 e. The van der Waals surface area contributed by atoms with E-state index in [0.29, 0.717) is 40.2 Å². The Morgan fingerprint density at radius 1 is 0.929 bits per heavy atom. The molecule has 0 spiro atoms. The van der Waals surface area contributed by atoms with Crippen molar-refractivity contribution in [3.8, 4) is 11.5 Å². The van der Waals surface area contributed by atoms with Gasteiger partial charge in [-0.25, -0.2) is 9.78 Å². The zero-order valence-electron chi connectivity index (χ0n) is 15.7. The molecule has 2 aromatic carbocycles. The van der Waals surface area contributed by atoms with E-state index in [1.807, 2.05) is 6.07 Å². The number of hydrogen-bond acceptors (Lipinski definition) is 8. The van der Waals surface area contributed by atoms with Gasteiger partial charge in [0.15, 0.2) is 0 Å². The number of rotatable bonds is 7. The SMILES string of the molecule is COC(=O)c1ccccc1Nc1ccnc(Nc2cc(OC)ccc2OC)n1. The van der Waals surface area contributed by atoms with Crippen LogP contribution in [0.3, 0.4) is 0 Å². The number of carbonyl (C=O) groups excluding carboxylic acids is 1. The Kier molecular flexibility index (Phi) is 5.91. The van der Waals surface area contributed by atoms with Crippen molar-refractivity contribution in [1.29, 1.82) is 0 Å². The van der Waals surface area contributed by atoms with Crippen molar-refractivity contribution < 1.29 is 19.0 Å². The van der Waals surface area contributed by atoms with Crippen molar-refractivity contribution in [2.45, 2.75) is 0 Å². The molecule has 0 saturated carbocycles. The number of carbonyl (C=O) groups is 1. The number of methoxy groups -OCH3 is 3. The Morgan fingerprint density at radius 2 is 1.75 bits per heavy atom. The van der Waals surface area contributed by atoms with Crippen LogP contribution >= 0.6 is 0 Å². The third-order valence-corrected chi connectivity index (χ3v) is 3.90. The van der Waals surface area contributed by atoms with Gasteiger partial charge in [0.2, 0.25) is 5.95 Å². The lowest BCUT2D eigenvalue weighted by molar-refractivity contribution is 0.0602. The van der Waals surface area contributed by atoms with Crippen molar-refractivity contribution in [2.75, 3.05) is 32.0 Å². The lowest BCUT2D eigenvalue weighted by atomic mass is 10.2. The van der Waals surface area contributed by atoms with E-state index < -0.39 is 5.97 Å². The van der Waals surface area contributed by atoms with Crippen molar-refractivity contribution in [3.05, 3.63) is 60.3 Å². The molecule has 0 radical (unpaired) electrons. The Bertz CT molecular complexity index is 978. The number of nitrogens with one attached hydrogen (secondary N) is 2. The summed E-state index contributed by atoms with van der Waals surface area (Å²) in [6.07, 6.45) is 1.60. The molecular formula is C20H20N4O4. The summed E-state index contributed by atoms with van der Waals surface area (Å²) in [6, 6.07) is 14.1. The number of benzene rings is 2. The van der Waals surface area contributed by atoms with Gasteiger partial charge in [-0.05, 0) is 30.3 Å². The van der Waals surface area contributed by atoms with E-state index in [0.717, 1.165) is 0 Å². The van der Waals surface area contributed by atoms with Crippen LogP contribution in [0.25, 0.3) is 0 Å². The fourth-order valence-corrected chi connectivity index (χ4v) is 2.54. The monoisotopic (exact) mass is 380 g/mol. The molecule has 8 heteroatoms. The maximum absolute atomic E-state index is 11.9. The van der Waals surface area contributed by atoms with Crippen LogP contribution in [0, 0.1) is 0 Å². The zero-order valence-corrected chi connectivity index (χ0v) is 15.7. The summed E-state index contributed by atoms with van der Waals surface area (Å²) in [5.41, 5.74) is 1.65. The summed E-state index contributed by atoms with van der Waals surface area (Å²) in [4.78, 5) is 20.6. The molecule has 0 fully saturated rings. The smallest absolute Gasteiger partial charge is 0.339 e. The summed E-state index contributed by atoms with van der Waals surface area (Å²) >= 11 is 0. The first-order chi connectivity index (χ1) is 13.6. The van der Waals surface area contributed by atoms with Gasteiger partial charge < -0.3 is 24.8 Å². The van der Waals surface area contributed by atoms with E-state index in [1.54, 1.807) is 62.9 Å². The molecule has 8 nitrogen and oxygen atoms in total. The van der Waals surface area contributed by atoms with Crippen LogP contribution in [0.5, 0.6) is 11.5 Å². The molecule has 28 heavy (non-hydrogen) atoms. The predicted molar refractivity (Wildman–Crippen MR) is 106 cm³/mol. The third kappa shape index (κ3) is 4.29. The molecule has 1 heterocycles. The second kappa shape index (κ2) is 8.72. The highest BCUT2D eigenvalue weighted by Crippen LogP contribution is 2.31. The molecule has 0 atom stereocenters. The van der Waals surface area contributed by atoms with Crippen molar-refractivity contribution in [3.63, 3.8) is 0 Å². The van der Waals surface area contributed by atoms with Gasteiger partial charge in [-0.1, -0.05) is 12.1 Å². The fourth-order valence-electron chi connectivity index (χ4n) is 2.54. The normalized spacial score (nSPS) is 10.1.